The van der Waals surface area contributed by atoms with Crippen LogP contribution in [0.2, 0.25) is 0 Å². The second kappa shape index (κ2) is 7.59. The fourth-order valence-electron chi connectivity index (χ4n) is 2.42. The van der Waals surface area contributed by atoms with Crippen molar-refractivity contribution >= 4 is 22.4 Å². The van der Waals surface area contributed by atoms with E-state index in [1.165, 1.54) is 16.9 Å². The van der Waals surface area contributed by atoms with Crippen molar-refractivity contribution in [2.45, 2.75) is 25.9 Å². The molecule has 1 aromatic heterocycles. The standard InChI is InChI=1S/C18H20N2O3S/c1-3-4-8-22-12(2)17(21)20-18-19-15(11-24-18)13-5-6-16-14(10-13)7-9-23-16/h3,5-6,10-12H,1,4,7-9H2,2H3,(H,19,20,21). The molecule has 0 saturated heterocycles. The number of nitrogens with zero attached hydrogens (tertiary/aromatic N) is 1. The van der Waals surface area contributed by atoms with Crippen molar-refractivity contribution < 1.29 is 14.3 Å². The molecular formula is C18H20N2O3S. The first-order chi connectivity index (χ1) is 11.7. The summed E-state index contributed by atoms with van der Waals surface area (Å²) in [4.78, 5) is 16.6. The summed E-state index contributed by atoms with van der Waals surface area (Å²) in [6.07, 6.45) is 2.89. The van der Waals surface area contributed by atoms with Crippen molar-refractivity contribution in [1.82, 2.24) is 4.98 Å². The van der Waals surface area contributed by atoms with Gasteiger partial charge in [-0.05, 0) is 37.1 Å². The van der Waals surface area contributed by atoms with Gasteiger partial charge < -0.3 is 9.47 Å². The third kappa shape index (κ3) is 3.83. The maximum absolute atomic E-state index is 12.1. The highest BCUT2D eigenvalue weighted by Gasteiger charge is 2.17. The van der Waals surface area contributed by atoms with Crippen LogP contribution in [-0.2, 0) is 16.0 Å². The molecule has 0 saturated carbocycles. The molecule has 0 bridgehead atoms. The molecule has 2 heterocycles. The van der Waals surface area contributed by atoms with Crippen LogP contribution in [0.3, 0.4) is 0 Å². The monoisotopic (exact) mass is 344 g/mol. The van der Waals surface area contributed by atoms with Gasteiger partial charge in [0.05, 0.1) is 18.9 Å². The van der Waals surface area contributed by atoms with Crippen LogP contribution in [0, 0.1) is 0 Å². The van der Waals surface area contributed by atoms with Crippen molar-refractivity contribution in [3.8, 4) is 17.0 Å². The number of benzene rings is 1. The van der Waals surface area contributed by atoms with E-state index in [-0.39, 0.29) is 5.91 Å². The Labute approximate surface area is 145 Å². The second-order valence-electron chi connectivity index (χ2n) is 5.54. The van der Waals surface area contributed by atoms with Crippen molar-refractivity contribution in [2.24, 2.45) is 0 Å². The van der Waals surface area contributed by atoms with Gasteiger partial charge >= 0.3 is 0 Å². The molecule has 6 heteroatoms. The molecule has 3 rings (SSSR count). The Balaban J connectivity index is 1.63. The first-order valence-electron chi connectivity index (χ1n) is 7.92. The summed E-state index contributed by atoms with van der Waals surface area (Å²) in [6, 6.07) is 6.07. The van der Waals surface area contributed by atoms with Gasteiger partial charge in [-0.3, -0.25) is 10.1 Å². The minimum atomic E-state index is -0.519. The van der Waals surface area contributed by atoms with E-state index in [0.29, 0.717) is 11.7 Å². The molecule has 1 aliphatic heterocycles. The van der Waals surface area contributed by atoms with E-state index in [9.17, 15) is 4.79 Å². The van der Waals surface area contributed by atoms with Gasteiger partial charge in [0.25, 0.3) is 5.91 Å². The van der Waals surface area contributed by atoms with E-state index in [1.807, 2.05) is 17.5 Å². The lowest BCUT2D eigenvalue weighted by Crippen LogP contribution is -2.27. The lowest BCUT2D eigenvalue weighted by molar-refractivity contribution is -0.126. The molecule has 1 aromatic carbocycles. The quantitative estimate of drug-likeness (QED) is 0.615. The molecule has 2 aromatic rings. The summed E-state index contributed by atoms with van der Waals surface area (Å²) >= 11 is 1.41. The Hall–Kier alpha value is -2.18. The smallest absolute Gasteiger partial charge is 0.254 e. The minimum Gasteiger partial charge on any atom is -0.493 e. The van der Waals surface area contributed by atoms with Crippen LogP contribution in [0.5, 0.6) is 5.75 Å². The zero-order valence-corrected chi connectivity index (χ0v) is 14.4. The molecule has 0 fully saturated rings. The normalized spacial score (nSPS) is 13.9. The molecule has 0 radical (unpaired) electrons. The summed E-state index contributed by atoms with van der Waals surface area (Å²) in [5.74, 6) is 0.760. The van der Waals surface area contributed by atoms with E-state index < -0.39 is 6.10 Å². The lowest BCUT2D eigenvalue weighted by atomic mass is 10.1. The van der Waals surface area contributed by atoms with Gasteiger partial charge in [-0.2, -0.15) is 0 Å². The Bertz CT molecular complexity index is 742. The van der Waals surface area contributed by atoms with Crippen LogP contribution in [0.1, 0.15) is 18.9 Å². The molecule has 1 N–H and O–H groups in total. The SMILES string of the molecule is C=CCCOC(C)C(=O)Nc1nc(-c2ccc3c(c2)CCO3)cs1. The summed E-state index contributed by atoms with van der Waals surface area (Å²) in [6.45, 7) is 6.58. The number of nitrogens with one attached hydrogen (secondary N) is 1. The average Bonchev–Trinajstić information content (AvgIpc) is 3.23. The average molecular weight is 344 g/mol. The highest BCUT2D eigenvalue weighted by atomic mass is 32.1. The van der Waals surface area contributed by atoms with Crippen LogP contribution in [0.4, 0.5) is 5.13 Å². The lowest BCUT2D eigenvalue weighted by Gasteiger charge is -2.11. The number of fused-ring (bicyclic) bond motifs is 1. The number of anilines is 1. The fraction of sp³-hybridized carbons (Fsp3) is 0.333. The number of ether oxygens (including phenoxy) is 2. The van der Waals surface area contributed by atoms with Crippen LogP contribution in [-0.4, -0.2) is 30.2 Å². The first kappa shape index (κ1) is 16.7. The molecule has 126 valence electrons. The van der Waals surface area contributed by atoms with Crippen LogP contribution < -0.4 is 10.1 Å². The highest BCUT2D eigenvalue weighted by Crippen LogP contribution is 2.31. The van der Waals surface area contributed by atoms with Gasteiger partial charge in [0.2, 0.25) is 0 Å². The molecule has 1 aliphatic rings. The van der Waals surface area contributed by atoms with Gasteiger partial charge in [0.1, 0.15) is 11.9 Å². The second-order valence-corrected chi connectivity index (χ2v) is 6.40. The topological polar surface area (TPSA) is 60.5 Å². The number of carbonyl (C=O) groups is 1. The summed E-state index contributed by atoms with van der Waals surface area (Å²) in [7, 11) is 0. The van der Waals surface area contributed by atoms with Crippen molar-refractivity contribution in [2.75, 3.05) is 18.5 Å². The van der Waals surface area contributed by atoms with Crippen LogP contribution >= 0.6 is 11.3 Å². The third-order valence-electron chi connectivity index (χ3n) is 3.78. The predicted octanol–water partition coefficient (Wildman–Crippen LogP) is 3.66. The van der Waals surface area contributed by atoms with E-state index >= 15 is 0 Å². The largest absolute Gasteiger partial charge is 0.493 e. The number of rotatable bonds is 7. The molecule has 1 atom stereocenters. The molecule has 5 nitrogen and oxygen atoms in total. The van der Waals surface area contributed by atoms with Crippen LogP contribution in [0.25, 0.3) is 11.3 Å². The number of thiazole rings is 1. The van der Waals surface area contributed by atoms with Gasteiger partial charge in [-0.25, -0.2) is 4.98 Å². The number of carbonyl (C=O) groups excluding carboxylic acids is 1. The van der Waals surface area contributed by atoms with E-state index in [2.05, 4.69) is 22.9 Å². The zero-order valence-electron chi connectivity index (χ0n) is 13.6. The third-order valence-corrected chi connectivity index (χ3v) is 4.54. The Morgan fingerprint density at radius 1 is 1.58 bits per heavy atom. The Morgan fingerprint density at radius 3 is 3.29 bits per heavy atom. The fourth-order valence-corrected chi connectivity index (χ4v) is 3.14. The maximum Gasteiger partial charge on any atom is 0.254 e. The van der Waals surface area contributed by atoms with Gasteiger partial charge in [-0.1, -0.05) is 6.08 Å². The van der Waals surface area contributed by atoms with Gasteiger partial charge in [0, 0.05) is 17.4 Å². The molecule has 1 unspecified atom stereocenters. The number of hydrogen-bond donors (Lipinski definition) is 1. The highest BCUT2D eigenvalue weighted by molar-refractivity contribution is 7.14. The van der Waals surface area contributed by atoms with E-state index in [1.54, 1.807) is 13.0 Å². The number of amides is 1. The van der Waals surface area contributed by atoms with Gasteiger partial charge in [0.15, 0.2) is 5.13 Å². The van der Waals surface area contributed by atoms with Crippen molar-refractivity contribution in [1.29, 1.82) is 0 Å². The van der Waals surface area contributed by atoms with Gasteiger partial charge in [-0.15, -0.1) is 17.9 Å². The molecule has 0 aliphatic carbocycles. The van der Waals surface area contributed by atoms with Crippen molar-refractivity contribution in [3.63, 3.8) is 0 Å². The number of aromatic nitrogens is 1. The maximum atomic E-state index is 12.1. The summed E-state index contributed by atoms with van der Waals surface area (Å²) in [5, 5.41) is 5.32. The predicted molar refractivity (Wildman–Crippen MR) is 95.6 cm³/mol. The Kier molecular flexibility index (Phi) is 5.27. The van der Waals surface area contributed by atoms with Crippen LogP contribution in [0.15, 0.2) is 36.2 Å². The van der Waals surface area contributed by atoms with E-state index in [0.717, 1.165) is 36.5 Å². The zero-order chi connectivity index (χ0) is 16.9. The van der Waals surface area contributed by atoms with Crippen molar-refractivity contribution in [3.05, 3.63) is 41.8 Å². The summed E-state index contributed by atoms with van der Waals surface area (Å²) in [5.41, 5.74) is 3.09. The molecule has 24 heavy (non-hydrogen) atoms. The number of hydrogen-bond acceptors (Lipinski definition) is 5. The molecule has 1 amide bonds. The van der Waals surface area contributed by atoms with E-state index in [4.69, 9.17) is 9.47 Å². The molecule has 0 spiro atoms. The first-order valence-corrected chi connectivity index (χ1v) is 8.80. The summed E-state index contributed by atoms with van der Waals surface area (Å²) < 4.78 is 11.0. The minimum absolute atomic E-state index is 0.192. The molecular weight excluding hydrogens is 324 g/mol. The Morgan fingerprint density at radius 2 is 2.46 bits per heavy atom.